The summed E-state index contributed by atoms with van der Waals surface area (Å²) in [5.74, 6) is 1.12. The van der Waals surface area contributed by atoms with Gasteiger partial charge < -0.3 is 14.7 Å². The predicted molar refractivity (Wildman–Crippen MR) is 87.1 cm³/mol. The molecule has 2 aromatic carbocycles. The van der Waals surface area contributed by atoms with Crippen LogP contribution in [0.1, 0.15) is 25.3 Å². The van der Waals surface area contributed by atoms with Crippen LogP contribution >= 0.6 is 0 Å². The van der Waals surface area contributed by atoms with Crippen molar-refractivity contribution in [3.8, 4) is 11.5 Å². The summed E-state index contributed by atoms with van der Waals surface area (Å²) in [6.07, 6.45) is 0.490. The Morgan fingerprint density at radius 2 is 1.65 bits per heavy atom. The molecule has 5 heteroatoms. The van der Waals surface area contributed by atoms with Crippen molar-refractivity contribution in [3.63, 3.8) is 0 Å². The zero-order valence-electron chi connectivity index (χ0n) is 12.9. The summed E-state index contributed by atoms with van der Waals surface area (Å²) in [6.45, 7) is 2.10. The second-order valence-corrected chi connectivity index (χ2v) is 4.79. The zero-order valence-corrected chi connectivity index (χ0v) is 12.9. The van der Waals surface area contributed by atoms with E-state index in [0.717, 1.165) is 11.3 Å². The Hall–Kier alpha value is -2.82. The van der Waals surface area contributed by atoms with Gasteiger partial charge in [-0.05, 0) is 48.9 Å². The van der Waals surface area contributed by atoms with Gasteiger partial charge in [0.1, 0.15) is 11.5 Å². The van der Waals surface area contributed by atoms with Crippen molar-refractivity contribution < 1.29 is 19.5 Å². The molecule has 0 saturated heterocycles. The van der Waals surface area contributed by atoms with Crippen molar-refractivity contribution in [2.45, 2.75) is 19.8 Å². The van der Waals surface area contributed by atoms with Crippen LogP contribution in [0.4, 0.5) is 0 Å². The van der Waals surface area contributed by atoms with Gasteiger partial charge in [-0.15, -0.1) is 0 Å². The van der Waals surface area contributed by atoms with Crippen molar-refractivity contribution in [1.82, 2.24) is 0 Å². The molecule has 0 saturated carbocycles. The predicted octanol–water partition coefficient (Wildman–Crippen LogP) is 4.00. The monoisotopic (exact) mass is 313 g/mol. The van der Waals surface area contributed by atoms with Crippen molar-refractivity contribution in [3.05, 3.63) is 60.2 Å². The lowest BCUT2D eigenvalue weighted by Crippen LogP contribution is -2.08. The average molecular weight is 313 g/mol. The van der Waals surface area contributed by atoms with Gasteiger partial charge in [0.15, 0.2) is 0 Å². The number of hydrogen-bond acceptors (Lipinski definition) is 5. The molecule has 0 amide bonds. The summed E-state index contributed by atoms with van der Waals surface area (Å²) in [4.78, 5) is 11.4. The Morgan fingerprint density at radius 3 is 2.26 bits per heavy atom. The number of hydrogen-bond donors (Lipinski definition) is 1. The summed E-state index contributed by atoms with van der Waals surface area (Å²) in [5, 5.41) is 12.4. The highest BCUT2D eigenvalue weighted by atomic mass is 16.5. The summed E-state index contributed by atoms with van der Waals surface area (Å²) < 4.78 is 10.6. The van der Waals surface area contributed by atoms with Crippen LogP contribution in [0.3, 0.4) is 0 Å². The fourth-order valence-corrected chi connectivity index (χ4v) is 2.05. The minimum atomic E-state index is -0.308. The van der Waals surface area contributed by atoms with Crippen molar-refractivity contribution in [2.24, 2.45) is 5.16 Å². The first-order chi connectivity index (χ1) is 11.2. The molecule has 0 aliphatic rings. The van der Waals surface area contributed by atoms with Crippen LogP contribution in [0.2, 0.25) is 0 Å². The first kappa shape index (κ1) is 16.5. The molecule has 5 nitrogen and oxygen atoms in total. The van der Waals surface area contributed by atoms with Gasteiger partial charge in [-0.2, -0.15) is 0 Å². The van der Waals surface area contributed by atoms with Gasteiger partial charge in [-0.1, -0.05) is 23.4 Å². The maximum atomic E-state index is 11.4. The van der Waals surface area contributed by atoms with Gasteiger partial charge in [-0.3, -0.25) is 4.79 Å². The molecule has 0 aliphatic heterocycles. The third-order valence-corrected chi connectivity index (χ3v) is 3.16. The molecule has 0 bridgehead atoms. The third-order valence-electron chi connectivity index (χ3n) is 3.16. The molecule has 23 heavy (non-hydrogen) atoms. The lowest BCUT2D eigenvalue weighted by Gasteiger charge is -2.08. The van der Waals surface area contributed by atoms with Crippen LogP contribution in [-0.4, -0.2) is 23.5 Å². The average Bonchev–Trinajstić information content (AvgIpc) is 2.58. The normalized spacial score (nSPS) is 11.1. The quantitative estimate of drug-likeness (QED) is 0.363. The Kier molecular flexibility index (Phi) is 6.17. The van der Waals surface area contributed by atoms with E-state index in [4.69, 9.17) is 14.7 Å². The fraction of sp³-hybridized carbons (Fsp3) is 0.222. The molecule has 0 spiro atoms. The molecule has 1 N–H and O–H groups in total. The number of esters is 1. The largest absolute Gasteiger partial charge is 0.466 e. The van der Waals surface area contributed by atoms with Crippen molar-refractivity contribution >= 4 is 11.7 Å². The molecular weight excluding hydrogens is 294 g/mol. The number of benzene rings is 2. The van der Waals surface area contributed by atoms with Crippen LogP contribution in [0.15, 0.2) is 59.8 Å². The number of ether oxygens (including phenoxy) is 2. The summed E-state index contributed by atoms with van der Waals surface area (Å²) in [5.41, 5.74) is 1.17. The molecular formula is C18H19NO4. The molecule has 0 heterocycles. The minimum absolute atomic E-state index is 0.176. The number of nitrogens with zero attached hydrogens (tertiary/aromatic N) is 1. The maximum Gasteiger partial charge on any atom is 0.306 e. The van der Waals surface area contributed by atoms with E-state index in [9.17, 15) is 4.79 Å². The van der Waals surface area contributed by atoms with Gasteiger partial charge in [0.2, 0.25) is 0 Å². The number of carbonyl (C=O) groups is 1. The second kappa shape index (κ2) is 8.58. The van der Waals surface area contributed by atoms with Gasteiger partial charge >= 0.3 is 5.97 Å². The topological polar surface area (TPSA) is 68.1 Å². The lowest BCUT2D eigenvalue weighted by atomic mass is 10.1. The fourth-order valence-electron chi connectivity index (χ4n) is 2.05. The van der Waals surface area contributed by atoms with E-state index in [1.165, 1.54) is 0 Å². The minimum Gasteiger partial charge on any atom is -0.466 e. The van der Waals surface area contributed by atoms with Crippen LogP contribution < -0.4 is 4.74 Å². The zero-order chi connectivity index (χ0) is 16.5. The van der Waals surface area contributed by atoms with E-state index in [1.807, 2.05) is 30.3 Å². The molecule has 0 fully saturated rings. The smallest absolute Gasteiger partial charge is 0.306 e. The van der Waals surface area contributed by atoms with Crippen LogP contribution in [0.5, 0.6) is 11.5 Å². The first-order valence-electron chi connectivity index (χ1n) is 7.43. The highest BCUT2D eigenvalue weighted by Gasteiger charge is 2.09. The van der Waals surface area contributed by atoms with Crippen molar-refractivity contribution in [2.75, 3.05) is 6.61 Å². The number of oxime groups is 1. The van der Waals surface area contributed by atoms with E-state index >= 15 is 0 Å². The summed E-state index contributed by atoms with van der Waals surface area (Å²) in [6, 6.07) is 16.6. The summed E-state index contributed by atoms with van der Waals surface area (Å²) >= 11 is 0. The van der Waals surface area contributed by atoms with Crippen molar-refractivity contribution in [1.29, 1.82) is 0 Å². The molecule has 120 valence electrons. The Balaban J connectivity index is 1.98. The van der Waals surface area contributed by atoms with Crippen LogP contribution in [-0.2, 0) is 9.53 Å². The molecule has 0 radical (unpaired) electrons. The SMILES string of the molecule is CCOC(=O)CC/C(=N\O)c1ccc(Oc2ccccc2)cc1. The number of carbonyl (C=O) groups excluding carboxylic acids is 1. The van der Waals surface area contributed by atoms with E-state index in [2.05, 4.69) is 5.16 Å². The highest BCUT2D eigenvalue weighted by molar-refractivity contribution is 6.01. The molecule has 2 aromatic rings. The van der Waals surface area contributed by atoms with Crippen LogP contribution in [0.25, 0.3) is 0 Å². The number of para-hydroxylation sites is 1. The standard InChI is InChI=1S/C18H19NO4/c1-2-22-18(20)13-12-17(19-21)14-8-10-16(11-9-14)23-15-6-4-3-5-7-15/h3-11,21H,2,12-13H2,1H3/b19-17+. The lowest BCUT2D eigenvalue weighted by molar-refractivity contribution is -0.142. The van der Waals surface area contributed by atoms with E-state index in [-0.39, 0.29) is 12.4 Å². The molecule has 0 atom stereocenters. The van der Waals surface area contributed by atoms with Crippen LogP contribution in [0, 0.1) is 0 Å². The molecule has 0 aromatic heterocycles. The number of rotatable bonds is 7. The van der Waals surface area contributed by atoms with E-state index < -0.39 is 0 Å². The first-order valence-corrected chi connectivity index (χ1v) is 7.43. The van der Waals surface area contributed by atoms with E-state index in [0.29, 0.717) is 24.5 Å². The van der Waals surface area contributed by atoms with Gasteiger partial charge in [0.05, 0.1) is 18.7 Å². The second-order valence-electron chi connectivity index (χ2n) is 4.79. The third kappa shape index (κ3) is 5.14. The summed E-state index contributed by atoms with van der Waals surface area (Å²) in [7, 11) is 0. The molecule has 0 unspecified atom stereocenters. The molecule has 2 rings (SSSR count). The van der Waals surface area contributed by atoms with E-state index in [1.54, 1.807) is 31.2 Å². The molecule has 0 aliphatic carbocycles. The maximum absolute atomic E-state index is 11.4. The Bertz CT molecular complexity index is 650. The Morgan fingerprint density at radius 1 is 1.00 bits per heavy atom. The highest BCUT2D eigenvalue weighted by Crippen LogP contribution is 2.21. The van der Waals surface area contributed by atoms with Gasteiger partial charge in [-0.25, -0.2) is 0 Å². The Labute approximate surface area is 135 Å². The van der Waals surface area contributed by atoms with Gasteiger partial charge in [0, 0.05) is 6.42 Å². The van der Waals surface area contributed by atoms with Gasteiger partial charge in [0.25, 0.3) is 0 Å².